The minimum Gasteiger partial charge on any atom is -0.512 e. The predicted octanol–water partition coefficient (Wildman–Crippen LogP) is 10.5. The molecule has 6 heteroatoms. The molecule has 43 heavy (non-hydrogen) atoms. The summed E-state index contributed by atoms with van der Waals surface area (Å²) in [5, 5.41) is 11.7. The third-order valence-corrected chi connectivity index (χ3v) is 9.53. The Kier molecular flexibility index (Phi) is 9.94. The Morgan fingerprint density at radius 2 is 1.74 bits per heavy atom. The van der Waals surface area contributed by atoms with Crippen LogP contribution in [0.25, 0.3) is 33.3 Å². The number of pyridine rings is 2. The number of aliphatic hydroxyl groups excluding tert-OH is 1. The van der Waals surface area contributed by atoms with E-state index >= 15 is 0 Å². The van der Waals surface area contributed by atoms with Gasteiger partial charge in [-0.3, -0.25) is 4.79 Å². The standard InChI is InChI=1S/C22H19N2O.C15H28O2.Ir/c1-14-9-10-18-17-7-4-8-19(21(17)25-22(18)24-14)20-13-16(11-12-23-20)15-5-2-3-6-15;1-7-14(5,8-2)12(16)11-13(17)15(6,9-3)10-4;/h4,7,9-13,15H,2-3,5-6H2,1H3;11,16H,7-10H2,1-6H3;/q-1;;/b;12-11-;/i1D3,15D;;. The molecular formula is C37H47IrN2O3-. The minimum atomic E-state index is -2.29. The van der Waals surface area contributed by atoms with Gasteiger partial charge < -0.3 is 14.5 Å². The van der Waals surface area contributed by atoms with Crippen molar-refractivity contribution in [2.45, 2.75) is 106 Å². The summed E-state index contributed by atoms with van der Waals surface area (Å²) in [6, 6.07) is 14.0. The minimum absolute atomic E-state index is 0. The third kappa shape index (κ3) is 7.46. The van der Waals surface area contributed by atoms with Crippen molar-refractivity contribution in [1.29, 1.82) is 0 Å². The Bertz CT molecular complexity index is 1720. The number of fused-ring (bicyclic) bond motifs is 3. The topological polar surface area (TPSA) is 76.2 Å². The number of allylic oxidation sites excluding steroid dienone is 2. The molecule has 1 aliphatic rings. The van der Waals surface area contributed by atoms with E-state index in [0.29, 0.717) is 22.6 Å². The van der Waals surface area contributed by atoms with Crippen LogP contribution in [0.1, 0.15) is 116 Å². The van der Waals surface area contributed by atoms with Crippen LogP contribution in [0, 0.1) is 23.7 Å². The van der Waals surface area contributed by atoms with Gasteiger partial charge in [-0.25, -0.2) is 4.98 Å². The van der Waals surface area contributed by atoms with Crippen LogP contribution in [0.4, 0.5) is 0 Å². The fourth-order valence-corrected chi connectivity index (χ4v) is 5.37. The Morgan fingerprint density at radius 1 is 1.07 bits per heavy atom. The average molecular weight is 764 g/mol. The zero-order chi connectivity index (χ0) is 33.9. The number of furan rings is 1. The van der Waals surface area contributed by atoms with Crippen LogP contribution in [-0.4, -0.2) is 20.9 Å². The summed E-state index contributed by atoms with van der Waals surface area (Å²) < 4.78 is 37.5. The molecule has 0 atom stereocenters. The summed E-state index contributed by atoms with van der Waals surface area (Å²) in [4.78, 5) is 20.9. The van der Waals surface area contributed by atoms with E-state index in [9.17, 15) is 9.90 Å². The van der Waals surface area contributed by atoms with Gasteiger partial charge in [0.15, 0.2) is 5.78 Å². The number of carbonyl (C=O) groups excluding carboxylic acids is 1. The number of aromatic nitrogens is 2. The number of aryl methyl sites for hydroxylation is 1. The first-order valence-electron chi connectivity index (χ1n) is 17.3. The van der Waals surface area contributed by atoms with Gasteiger partial charge in [-0.05, 0) is 75.2 Å². The molecule has 0 saturated heterocycles. The van der Waals surface area contributed by atoms with Crippen LogP contribution < -0.4 is 0 Å². The largest absolute Gasteiger partial charge is 0.512 e. The molecule has 1 radical (unpaired) electrons. The van der Waals surface area contributed by atoms with Crippen molar-refractivity contribution >= 4 is 27.9 Å². The van der Waals surface area contributed by atoms with Gasteiger partial charge in [-0.2, -0.15) is 0 Å². The van der Waals surface area contributed by atoms with Crippen molar-refractivity contribution < 1.29 is 39.9 Å². The number of carbonyl (C=O) groups is 1. The summed E-state index contributed by atoms with van der Waals surface area (Å²) in [5.74, 6) is -0.274. The smallest absolute Gasteiger partial charge is 0.216 e. The quantitative estimate of drug-likeness (QED) is 0.104. The number of aliphatic hydroxyl groups is 1. The summed E-state index contributed by atoms with van der Waals surface area (Å²) in [7, 11) is 0. The Morgan fingerprint density at radius 3 is 2.37 bits per heavy atom. The predicted molar refractivity (Wildman–Crippen MR) is 173 cm³/mol. The van der Waals surface area contributed by atoms with E-state index in [2.05, 4.69) is 16.0 Å². The molecule has 1 fully saturated rings. The van der Waals surface area contributed by atoms with Gasteiger partial charge in [0.1, 0.15) is 5.76 Å². The van der Waals surface area contributed by atoms with Crippen molar-refractivity contribution in [2.75, 3.05) is 0 Å². The molecule has 3 aromatic heterocycles. The third-order valence-electron chi connectivity index (χ3n) is 9.53. The van der Waals surface area contributed by atoms with Crippen molar-refractivity contribution in [3.63, 3.8) is 0 Å². The normalized spacial score (nSPS) is 16.8. The van der Waals surface area contributed by atoms with E-state index in [1.165, 1.54) is 12.1 Å². The average Bonchev–Trinajstić information content (AvgIpc) is 3.67. The molecule has 1 aliphatic carbocycles. The van der Waals surface area contributed by atoms with Crippen LogP contribution in [-0.2, 0) is 24.9 Å². The molecule has 5 nitrogen and oxygen atoms in total. The number of ketones is 1. The summed E-state index contributed by atoms with van der Waals surface area (Å²) in [5.41, 5.74) is 2.62. The van der Waals surface area contributed by atoms with E-state index in [-0.39, 0.29) is 48.2 Å². The van der Waals surface area contributed by atoms with Crippen molar-refractivity contribution in [3.05, 3.63) is 71.8 Å². The van der Waals surface area contributed by atoms with Crippen molar-refractivity contribution in [3.8, 4) is 11.3 Å². The van der Waals surface area contributed by atoms with Gasteiger partial charge in [0.2, 0.25) is 5.71 Å². The molecule has 0 amide bonds. The van der Waals surface area contributed by atoms with Gasteiger partial charge in [-0.15, -0.1) is 18.2 Å². The van der Waals surface area contributed by atoms with E-state index in [1.54, 1.807) is 12.3 Å². The van der Waals surface area contributed by atoms with E-state index in [0.717, 1.165) is 67.7 Å². The monoisotopic (exact) mass is 764 g/mol. The summed E-state index contributed by atoms with van der Waals surface area (Å²) in [6.07, 6.45) is 10.4. The number of hydrogen-bond acceptors (Lipinski definition) is 5. The molecule has 1 aromatic carbocycles. The van der Waals surface area contributed by atoms with Gasteiger partial charge in [0.25, 0.3) is 0 Å². The van der Waals surface area contributed by atoms with Crippen LogP contribution >= 0.6 is 0 Å². The van der Waals surface area contributed by atoms with Gasteiger partial charge >= 0.3 is 0 Å². The molecule has 4 aromatic rings. The molecule has 0 aliphatic heterocycles. The second-order valence-corrected chi connectivity index (χ2v) is 11.9. The van der Waals surface area contributed by atoms with Crippen LogP contribution in [0.2, 0.25) is 0 Å². The maximum atomic E-state index is 12.2. The second-order valence-electron chi connectivity index (χ2n) is 11.9. The zero-order valence-electron chi connectivity index (χ0n) is 30.3. The fourth-order valence-electron chi connectivity index (χ4n) is 5.37. The van der Waals surface area contributed by atoms with E-state index in [1.807, 2.05) is 65.8 Å². The van der Waals surface area contributed by atoms with Crippen molar-refractivity contribution in [2.24, 2.45) is 10.8 Å². The number of nitrogens with zero attached hydrogens (tertiary/aromatic N) is 2. The Hall–Kier alpha value is -2.82. The van der Waals surface area contributed by atoms with Crippen LogP contribution in [0.3, 0.4) is 0 Å². The first kappa shape index (κ1) is 28.9. The molecular weight excluding hydrogens is 713 g/mol. The van der Waals surface area contributed by atoms with Crippen LogP contribution in [0.5, 0.6) is 0 Å². The maximum absolute atomic E-state index is 12.2. The number of hydrogen-bond donors (Lipinski definition) is 1. The fraction of sp³-hybridized carbons (Fsp3) is 0.486. The molecule has 5 rings (SSSR count). The molecule has 0 spiro atoms. The first-order chi connectivity index (χ1) is 21.6. The van der Waals surface area contributed by atoms with E-state index < -0.39 is 12.7 Å². The first-order valence-corrected chi connectivity index (χ1v) is 15.3. The summed E-state index contributed by atoms with van der Waals surface area (Å²) >= 11 is 0. The Balaban J connectivity index is 0.000000290. The Labute approximate surface area is 276 Å². The van der Waals surface area contributed by atoms with Crippen molar-refractivity contribution in [1.82, 2.24) is 9.97 Å². The van der Waals surface area contributed by atoms with Gasteiger partial charge in [0, 0.05) is 59.8 Å². The van der Waals surface area contributed by atoms with Crippen LogP contribution in [0.15, 0.2) is 58.8 Å². The molecule has 0 bridgehead atoms. The van der Waals surface area contributed by atoms with Gasteiger partial charge in [-0.1, -0.05) is 77.0 Å². The second kappa shape index (κ2) is 14.8. The molecule has 1 saturated carbocycles. The zero-order valence-corrected chi connectivity index (χ0v) is 28.7. The summed E-state index contributed by atoms with van der Waals surface area (Å²) in [6.45, 7) is 9.79. The van der Waals surface area contributed by atoms with E-state index in [4.69, 9.17) is 9.90 Å². The SMILES string of the molecule is CCC(C)(CC)C(=O)/C=C(\O)C(C)(CC)CC.[2H]C([2H])([2H])c1ccc2c(n1)oc1c(-c3cc(C4([2H])CCCC4)ccn3)[c-]ccc12.[Ir]. The maximum Gasteiger partial charge on any atom is 0.216 e. The molecule has 233 valence electrons. The molecule has 0 unspecified atom stereocenters. The molecule has 1 N–H and O–H groups in total. The number of benzene rings is 1. The molecule has 3 heterocycles. The number of rotatable bonds is 9. The van der Waals surface area contributed by atoms with Gasteiger partial charge in [0.05, 0.1) is 5.58 Å².